The lowest BCUT2D eigenvalue weighted by Gasteiger charge is -2.39. The first kappa shape index (κ1) is 12.9. The number of nitrogens with zero attached hydrogens (tertiary/aromatic N) is 2. The van der Waals surface area contributed by atoms with Crippen LogP contribution in [0.5, 0.6) is 0 Å². The summed E-state index contributed by atoms with van der Waals surface area (Å²) in [6, 6.07) is 0. The quantitative estimate of drug-likeness (QED) is 0.883. The van der Waals surface area contributed by atoms with E-state index in [2.05, 4.69) is 12.0 Å². The second-order valence-electron chi connectivity index (χ2n) is 5.53. The van der Waals surface area contributed by atoms with Crippen LogP contribution in [0.3, 0.4) is 0 Å². The van der Waals surface area contributed by atoms with Crippen LogP contribution in [-0.4, -0.2) is 15.3 Å². The Labute approximate surface area is 108 Å². The largest absolute Gasteiger partial charge is 0.325 e. The van der Waals surface area contributed by atoms with Gasteiger partial charge in [-0.2, -0.15) is 5.10 Å². The molecule has 96 valence electrons. The molecule has 1 heterocycles. The monoisotopic (exact) mass is 255 g/mol. The van der Waals surface area contributed by atoms with Crippen LogP contribution in [0.2, 0.25) is 5.02 Å². The molecule has 17 heavy (non-hydrogen) atoms. The van der Waals surface area contributed by atoms with E-state index in [-0.39, 0.29) is 5.54 Å². The van der Waals surface area contributed by atoms with Crippen LogP contribution in [0.25, 0.3) is 0 Å². The van der Waals surface area contributed by atoms with Gasteiger partial charge < -0.3 is 5.73 Å². The Morgan fingerprint density at radius 2 is 2.24 bits per heavy atom. The lowest BCUT2D eigenvalue weighted by atomic mass is 9.72. The van der Waals surface area contributed by atoms with Gasteiger partial charge in [0.15, 0.2) is 0 Å². The Kier molecular flexibility index (Phi) is 3.50. The van der Waals surface area contributed by atoms with Crippen LogP contribution in [0.1, 0.15) is 44.0 Å². The number of hydrogen-bond acceptors (Lipinski definition) is 2. The zero-order valence-corrected chi connectivity index (χ0v) is 11.7. The topological polar surface area (TPSA) is 43.8 Å². The first-order valence-corrected chi connectivity index (χ1v) is 6.78. The number of halogens is 1. The van der Waals surface area contributed by atoms with Crippen molar-refractivity contribution < 1.29 is 0 Å². The summed E-state index contributed by atoms with van der Waals surface area (Å²) >= 11 is 6.30. The van der Waals surface area contributed by atoms with E-state index >= 15 is 0 Å². The molecule has 2 rings (SSSR count). The SMILES string of the molecule is Cc1nn(C)c(CC2(N)CCCCC2C)c1Cl. The summed E-state index contributed by atoms with van der Waals surface area (Å²) in [6.07, 6.45) is 5.69. The maximum Gasteiger partial charge on any atom is 0.0847 e. The minimum atomic E-state index is -0.109. The molecule has 1 aliphatic rings. The predicted molar refractivity (Wildman–Crippen MR) is 71.2 cm³/mol. The molecule has 0 bridgehead atoms. The molecular weight excluding hydrogens is 234 g/mol. The first-order chi connectivity index (χ1) is 7.94. The van der Waals surface area contributed by atoms with Gasteiger partial charge in [0.25, 0.3) is 0 Å². The zero-order chi connectivity index (χ0) is 12.6. The molecule has 1 aromatic heterocycles. The van der Waals surface area contributed by atoms with Gasteiger partial charge in [-0.25, -0.2) is 0 Å². The van der Waals surface area contributed by atoms with Gasteiger partial charge in [-0.15, -0.1) is 0 Å². The summed E-state index contributed by atoms with van der Waals surface area (Å²) in [5.74, 6) is 0.558. The Hall–Kier alpha value is -0.540. The van der Waals surface area contributed by atoms with Crippen molar-refractivity contribution in [3.8, 4) is 0 Å². The maximum atomic E-state index is 6.58. The minimum absolute atomic E-state index is 0.109. The highest BCUT2D eigenvalue weighted by Gasteiger charge is 2.35. The van der Waals surface area contributed by atoms with E-state index in [4.69, 9.17) is 17.3 Å². The van der Waals surface area contributed by atoms with Gasteiger partial charge in [0.05, 0.1) is 16.4 Å². The van der Waals surface area contributed by atoms with Crippen LogP contribution >= 0.6 is 11.6 Å². The summed E-state index contributed by atoms with van der Waals surface area (Å²) in [6.45, 7) is 4.20. The van der Waals surface area contributed by atoms with Crippen molar-refractivity contribution in [2.24, 2.45) is 18.7 Å². The second kappa shape index (κ2) is 4.62. The van der Waals surface area contributed by atoms with Crippen molar-refractivity contribution in [1.82, 2.24) is 9.78 Å². The molecule has 0 radical (unpaired) electrons. The van der Waals surface area contributed by atoms with Gasteiger partial charge in [0.1, 0.15) is 0 Å². The van der Waals surface area contributed by atoms with Crippen molar-refractivity contribution in [3.05, 3.63) is 16.4 Å². The summed E-state index contributed by atoms with van der Waals surface area (Å²) in [7, 11) is 1.95. The van der Waals surface area contributed by atoms with Gasteiger partial charge in [0.2, 0.25) is 0 Å². The van der Waals surface area contributed by atoms with Crippen LogP contribution in [0.4, 0.5) is 0 Å². The van der Waals surface area contributed by atoms with Crippen molar-refractivity contribution in [2.45, 2.75) is 51.5 Å². The van der Waals surface area contributed by atoms with E-state index < -0.39 is 0 Å². The molecule has 0 aromatic carbocycles. The fourth-order valence-electron chi connectivity index (χ4n) is 2.89. The molecule has 0 amide bonds. The Morgan fingerprint density at radius 1 is 1.53 bits per heavy atom. The molecule has 0 saturated heterocycles. The average molecular weight is 256 g/mol. The van der Waals surface area contributed by atoms with E-state index in [9.17, 15) is 0 Å². The van der Waals surface area contributed by atoms with Gasteiger partial charge in [-0.3, -0.25) is 4.68 Å². The van der Waals surface area contributed by atoms with E-state index in [1.54, 1.807) is 0 Å². The molecule has 1 fully saturated rings. The first-order valence-electron chi connectivity index (χ1n) is 6.41. The molecule has 1 aliphatic carbocycles. The van der Waals surface area contributed by atoms with E-state index in [0.29, 0.717) is 5.92 Å². The summed E-state index contributed by atoms with van der Waals surface area (Å²) in [5, 5.41) is 5.15. The van der Waals surface area contributed by atoms with Gasteiger partial charge in [0, 0.05) is 19.0 Å². The van der Waals surface area contributed by atoms with E-state index in [1.807, 2.05) is 18.7 Å². The third-order valence-electron chi connectivity index (χ3n) is 4.27. The van der Waals surface area contributed by atoms with Gasteiger partial charge in [-0.1, -0.05) is 31.4 Å². The summed E-state index contributed by atoms with van der Waals surface area (Å²) in [5.41, 5.74) is 8.46. The van der Waals surface area contributed by atoms with Crippen LogP contribution in [0.15, 0.2) is 0 Å². The van der Waals surface area contributed by atoms with Gasteiger partial charge >= 0.3 is 0 Å². The summed E-state index contributed by atoms with van der Waals surface area (Å²) in [4.78, 5) is 0. The zero-order valence-electron chi connectivity index (χ0n) is 11.0. The van der Waals surface area contributed by atoms with Crippen molar-refractivity contribution >= 4 is 11.6 Å². The summed E-state index contributed by atoms with van der Waals surface area (Å²) < 4.78 is 1.88. The number of rotatable bonds is 2. The molecule has 4 heteroatoms. The maximum absolute atomic E-state index is 6.58. The highest BCUT2D eigenvalue weighted by atomic mass is 35.5. The normalized spacial score (nSPS) is 29.6. The number of hydrogen-bond donors (Lipinski definition) is 1. The molecule has 1 saturated carbocycles. The van der Waals surface area contributed by atoms with Crippen molar-refractivity contribution in [3.63, 3.8) is 0 Å². The molecule has 1 aromatic rings. The number of aromatic nitrogens is 2. The highest BCUT2D eigenvalue weighted by molar-refractivity contribution is 6.31. The average Bonchev–Trinajstić information content (AvgIpc) is 2.50. The molecule has 2 unspecified atom stereocenters. The third-order valence-corrected chi connectivity index (χ3v) is 4.76. The van der Waals surface area contributed by atoms with E-state index in [0.717, 1.165) is 29.3 Å². The molecule has 3 nitrogen and oxygen atoms in total. The van der Waals surface area contributed by atoms with Gasteiger partial charge in [-0.05, 0) is 25.7 Å². The van der Waals surface area contributed by atoms with Crippen LogP contribution < -0.4 is 5.73 Å². The van der Waals surface area contributed by atoms with Crippen LogP contribution in [-0.2, 0) is 13.5 Å². The highest BCUT2D eigenvalue weighted by Crippen LogP contribution is 2.35. The molecule has 0 aliphatic heterocycles. The Morgan fingerprint density at radius 3 is 2.76 bits per heavy atom. The third kappa shape index (κ3) is 2.36. The minimum Gasteiger partial charge on any atom is -0.325 e. The number of aryl methyl sites for hydroxylation is 2. The smallest absolute Gasteiger partial charge is 0.0847 e. The molecular formula is C13H22ClN3. The Bertz CT molecular complexity index is 413. The molecule has 0 spiro atoms. The number of nitrogens with two attached hydrogens (primary N) is 1. The van der Waals surface area contributed by atoms with Crippen LogP contribution in [0, 0.1) is 12.8 Å². The lowest BCUT2D eigenvalue weighted by Crippen LogP contribution is -2.50. The standard InChI is InChI=1S/C13H22ClN3/c1-9-6-4-5-7-13(9,15)8-11-12(14)10(2)16-17(11)3/h9H,4-8,15H2,1-3H3. The van der Waals surface area contributed by atoms with Crippen molar-refractivity contribution in [1.29, 1.82) is 0 Å². The Balaban J connectivity index is 2.24. The predicted octanol–water partition coefficient (Wildman–Crippen LogP) is 2.83. The second-order valence-corrected chi connectivity index (χ2v) is 5.90. The van der Waals surface area contributed by atoms with E-state index in [1.165, 1.54) is 19.3 Å². The fourth-order valence-corrected chi connectivity index (χ4v) is 3.11. The fraction of sp³-hybridized carbons (Fsp3) is 0.769. The van der Waals surface area contributed by atoms with Crippen molar-refractivity contribution in [2.75, 3.05) is 0 Å². The lowest BCUT2D eigenvalue weighted by molar-refractivity contribution is 0.201. The molecule has 2 atom stereocenters. The molecule has 2 N–H and O–H groups in total.